The van der Waals surface area contributed by atoms with Crippen molar-refractivity contribution in [2.24, 2.45) is 0 Å². The van der Waals surface area contributed by atoms with Crippen LogP contribution in [0.4, 0.5) is 5.69 Å². The van der Waals surface area contributed by atoms with Gasteiger partial charge in [-0.2, -0.15) is 0 Å². The molecule has 0 aromatic heterocycles. The summed E-state index contributed by atoms with van der Waals surface area (Å²) in [7, 11) is 3.11. The molecular formula is C35H32N2O6. The number of carbonyl (C=O) groups excluding carboxylic acids is 3. The van der Waals surface area contributed by atoms with E-state index in [0.29, 0.717) is 46.2 Å². The number of anilines is 1. The van der Waals surface area contributed by atoms with Crippen LogP contribution in [0, 0.1) is 0 Å². The fourth-order valence-electron chi connectivity index (χ4n) is 4.13. The van der Waals surface area contributed by atoms with Gasteiger partial charge < -0.3 is 24.8 Å². The minimum atomic E-state index is -0.539. The van der Waals surface area contributed by atoms with E-state index in [1.807, 2.05) is 25.1 Å². The summed E-state index contributed by atoms with van der Waals surface area (Å²) < 4.78 is 16.3. The molecule has 0 atom stereocenters. The fourth-order valence-corrected chi connectivity index (χ4v) is 4.13. The lowest BCUT2D eigenvalue weighted by molar-refractivity contribution is -0.113. The fraction of sp³-hybridized carbons (Fsp3) is 0.114. The highest BCUT2D eigenvalue weighted by Gasteiger charge is 2.16. The largest absolute Gasteiger partial charge is 0.493 e. The molecule has 4 aromatic carbocycles. The van der Waals surface area contributed by atoms with E-state index in [4.69, 9.17) is 14.2 Å². The van der Waals surface area contributed by atoms with E-state index in [9.17, 15) is 14.4 Å². The van der Waals surface area contributed by atoms with Gasteiger partial charge in [-0.3, -0.25) is 14.4 Å². The third-order valence-electron chi connectivity index (χ3n) is 6.31. The molecule has 0 fully saturated rings. The molecule has 8 nitrogen and oxygen atoms in total. The van der Waals surface area contributed by atoms with Gasteiger partial charge in [-0.1, -0.05) is 48.5 Å². The Morgan fingerprint density at radius 1 is 0.744 bits per heavy atom. The van der Waals surface area contributed by atoms with Gasteiger partial charge in [-0.05, 0) is 79.2 Å². The van der Waals surface area contributed by atoms with Crippen LogP contribution < -0.4 is 24.8 Å². The number of nitrogens with one attached hydrogen (secondary N) is 2. The molecule has 0 unspecified atom stereocenters. The number of para-hydroxylation sites is 1. The molecule has 0 aliphatic heterocycles. The van der Waals surface area contributed by atoms with Crippen LogP contribution in [0.15, 0.2) is 109 Å². The minimum Gasteiger partial charge on any atom is -0.493 e. The van der Waals surface area contributed by atoms with Gasteiger partial charge in [0.15, 0.2) is 17.3 Å². The topological polar surface area (TPSA) is 103 Å². The number of hydrogen-bond acceptors (Lipinski definition) is 6. The van der Waals surface area contributed by atoms with Gasteiger partial charge in [0.2, 0.25) is 0 Å². The summed E-state index contributed by atoms with van der Waals surface area (Å²) in [5, 5.41) is 5.52. The summed E-state index contributed by atoms with van der Waals surface area (Å²) in [4.78, 5) is 39.1. The van der Waals surface area contributed by atoms with Crippen LogP contribution in [0.5, 0.6) is 17.2 Å². The summed E-state index contributed by atoms with van der Waals surface area (Å²) >= 11 is 0. The number of allylic oxidation sites excluding steroid dienone is 1. The molecule has 218 valence electrons. The number of methoxy groups -OCH3 is 2. The number of hydrogen-bond donors (Lipinski definition) is 2. The molecule has 4 rings (SSSR count). The average Bonchev–Trinajstić information content (AvgIpc) is 3.04. The van der Waals surface area contributed by atoms with Crippen LogP contribution in [-0.4, -0.2) is 38.4 Å². The Bertz CT molecular complexity index is 1640. The zero-order chi connectivity index (χ0) is 30.6. The first-order chi connectivity index (χ1) is 20.9. The molecule has 0 aliphatic carbocycles. The molecule has 4 aromatic rings. The van der Waals surface area contributed by atoms with Crippen LogP contribution >= 0.6 is 0 Å². The minimum absolute atomic E-state index is 0.0269. The number of rotatable bonds is 12. The summed E-state index contributed by atoms with van der Waals surface area (Å²) in [6.45, 7) is 2.31. The van der Waals surface area contributed by atoms with Crippen molar-refractivity contribution < 1.29 is 28.6 Å². The maximum absolute atomic E-state index is 13.4. The Hall–Kier alpha value is -5.63. The van der Waals surface area contributed by atoms with Gasteiger partial charge in [0.1, 0.15) is 11.4 Å². The molecule has 2 N–H and O–H groups in total. The van der Waals surface area contributed by atoms with Gasteiger partial charge in [0, 0.05) is 22.4 Å². The summed E-state index contributed by atoms with van der Waals surface area (Å²) in [5.41, 5.74) is 2.72. The van der Waals surface area contributed by atoms with Gasteiger partial charge in [0.25, 0.3) is 11.8 Å². The van der Waals surface area contributed by atoms with E-state index < -0.39 is 11.8 Å². The SMILES string of the molecule is CCOc1ccccc1/C=C(\NC(=O)c1ccccc1)C(=O)Nc1ccc(C(=O)/C=C/c2ccc(OC)c(OC)c2)cc1. The lowest BCUT2D eigenvalue weighted by Crippen LogP contribution is -2.30. The molecule has 8 heteroatoms. The molecular weight excluding hydrogens is 544 g/mol. The first-order valence-electron chi connectivity index (χ1n) is 13.6. The Labute approximate surface area is 250 Å². The van der Waals surface area contributed by atoms with Crippen molar-refractivity contribution in [1.29, 1.82) is 0 Å². The van der Waals surface area contributed by atoms with Crippen molar-refractivity contribution >= 4 is 35.4 Å². The molecule has 0 saturated carbocycles. The molecule has 0 radical (unpaired) electrons. The highest BCUT2D eigenvalue weighted by molar-refractivity contribution is 6.11. The van der Waals surface area contributed by atoms with Crippen LogP contribution in [0.3, 0.4) is 0 Å². The Balaban J connectivity index is 1.51. The van der Waals surface area contributed by atoms with Gasteiger partial charge in [-0.15, -0.1) is 0 Å². The first kappa shape index (κ1) is 30.3. The highest BCUT2D eigenvalue weighted by atomic mass is 16.5. The number of amides is 2. The second-order valence-electron chi connectivity index (χ2n) is 9.19. The molecule has 2 amide bonds. The normalized spacial score (nSPS) is 11.1. The van der Waals surface area contributed by atoms with Crippen molar-refractivity contribution in [1.82, 2.24) is 5.32 Å². The zero-order valence-corrected chi connectivity index (χ0v) is 24.1. The average molecular weight is 577 g/mol. The second-order valence-corrected chi connectivity index (χ2v) is 9.19. The quantitative estimate of drug-likeness (QED) is 0.149. The molecule has 0 aliphatic rings. The van der Waals surface area contributed by atoms with E-state index in [-0.39, 0.29) is 11.5 Å². The first-order valence-corrected chi connectivity index (χ1v) is 13.6. The number of benzene rings is 4. The van der Waals surface area contributed by atoms with Crippen molar-refractivity contribution in [2.75, 3.05) is 26.1 Å². The second kappa shape index (κ2) is 14.8. The van der Waals surface area contributed by atoms with Gasteiger partial charge >= 0.3 is 0 Å². The molecule has 0 bridgehead atoms. The Kier molecular flexibility index (Phi) is 10.5. The number of ketones is 1. The number of carbonyl (C=O) groups is 3. The summed E-state index contributed by atoms with van der Waals surface area (Å²) in [5.74, 6) is 0.553. The van der Waals surface area contributed by atoms with Crippen LogP contribution in [0.2, 0.25) is 0 Å². The van der Waals surface area contributed by atoms with E-state index in [1.165, 1.54) is 6.08 Å². The van der Waals surface area contributed by atoms with Gasteiger partial charge in [-0.25, -0.2) is 0 Å². The van der Waals surface area contributed by atoms with Crippen LogP contribution in [-0.2, 0) is 4.79 Å². The van der Waals surface area contributed by atoms with E-state index >= 15 is 0 Å². The summed E-state index contributed by atoms with van der Waals surface area (Å²) in [6.07, 6.45) is 4.72. The molecule has 0 spiro atoms. The Morgan fingerprint density at radius 3 is 2.14 bits per heavy atom. The third kappa shape index (κ3) is 8.20. The maximum Gasteiger partial charge on any atom is 0.272 e. The van der Waals surface area contributed by atoms with Crippen molar-refractivity contribution in [3.05, 3.63) is 131 Å². The molecule has 0 saturated heterocycles. The summed E-state index contributed by atoms with van der Waals surface area (Å²) in [6, 6.07) is 27.7. The van der Waals surface area contributed by atoms with E-state index in [2.05, 4.69) is 10.6 Å². The van der Waals surface area contributed by atoms with Crippen LogP contribution in [0.25, 0.3) is 12.2 Å². The van der Waals surface area contributed by atoms with E-state index in [1.54, 1.807) is 105 Å². The standard InChI is InChI=1S/C35H32N2O6/c1-4-43-31-13-9-8-12-27(31)23-29(37-34(39)26-10-6-5-7-11-26)35(40)36-28-18-16-25(17-19-28)30(38)20-14-24-15-21-32(41-2)33(22-24)42-3/h5-23H,4H2,1-3H3,(H,36,40)(H,37,39)/b20-14+,29-23-. The van der Waals surface area contributed by atoms with Gasteiger partial charge in [0.05, 0.1) is 20.8 Å². The van der Waals surface area contributed by atoms with Crippen LogP contribution in [0.1, 0.15) is 38.8 Å². The lowest BCUT2D eigenvalue weighted by Gasteiger charge is -2.13. The maximum atomic E-state index is 13.4. The lowest BCUT2D eigenvalue weighted by atomic mass is 10.1. The Morgan fingerprint density at radius 2 is 1.44 bits per heavy atom. The smallest absolute Gasteiger partial charge is 0.272 e. The van der Waals surface area contributed by atoms with Crippen molar-refractivity contribution in [2.45, 2.75) is 6.92 Å². The third-order valence-corrected chi connectivity index (χ3v) is 6.31. The zero-order valence-electron chi connectivity index (χ0n) is 24.1. The predicted molar refractivity (Wildman–Crippen MR) is 167 cm³/mol. The molecule has 0 heterocycles. The number of ether oxygens (including phenoxy) is 3. The monoisotopic (exact) mass is 576 g/mol. The van der Waals surface area contributed by atoms with E-state index in [0.717, 1.165) is 5.56 Å². The molecule has 43 heavy (non-hydrogen) atoms. The van der Waals surface area contributed by atoms with Crippen molar-refractivity contribution in [3.8, 4) is 17.2 Å². The highest BCUT2D eigenvalue weighted by Crippen LogP contribution is 2.28. The predicted octanol–water partition coefficient (Wildman–Crippen LogP) is 6.41. The van der Waals surface area contributed by atoms with Crippen molar-refractivity contribution in [3.63, 3.8) is 0 Å².